The lowest BCUT2D eigenvalue weighted by Gasteiger charge is -2.20. The van der Waals surface area contributed by atoms with Gasteiger partial charge < -0.3 is 10.2 Å². The zero-order valence-electron chi connectivity index (χ0n) is 13.5. The van der Waals surface area contributed by atoms with Crippen LogP contribution in [-0.4, -0.2) is 49.0 Å². The SMILES string of the molecule is N#CC1(NC(=O)C2CC(S(=O)(=O)c3ccc(F)cc3Cl)CN2C=O)CC1. The van der Waals surface area contributed by atoms with Gasteiger partial charge in [0, 0.05) is 6.54 Å². The van der Waals surface area contributed by atoms with Crippen LogP contribution in [0.4, 0.5) is 4.39 Å². The zero-order chi connectivity index (χ0) is 19.1. The smallest absolute Gasteiger partial charge is 0.244 e. The summed E-state index contributed by atoms with van der Waals surface area (Å²) < 4.78 is 38.8. The van der Waals surface area contributed by atoms with E-state index in [2.05, 4.69) is 5.32 Å². The molecule has 1 N–H and O–H groups in total. The quantitative estimate of drug-likeness (QED) is 0.587. The Morgan fingerprint density at radius 1 is 1.46 bits per heavy atom. The maximum atomic E-state index is 13.2. The van der Waals surface area contributed by atoms with Gasteiger partial charge in [0.25, 0.3) is 0 Å². The van der Waals surface area contributed by atoms with Crippen LogP contribution in [0.3, 0.4) is 0 Å². The van der Waals surface area contributed by atoms with E-state index in [0.717, 1.165) is 23.1 Å². The number of nitrogens with zero attached hydrogens (tertiary/aromatic N) is 2. The number of carbonyl (C=O) groups excluding carboxylic acids is 2. The Labute approximate surface area is 154 Å². The fraction of sp³-hybridized carbons (Fsp3) is 0.438. The third kappa shape index (κ3) is 3.27. The average molecular weight is 400 g/mol. The lowest BCUT2D eigenvalue weighted by atomic mass is 10.2. The summed E-state index contributed by atoms with van der Waals surface area (Å²) >= 11 is 5.86. The van der Waals surface area contributed by atoms with Crippen LogP contribution in [0.5, 0.6) is 0 Å². The molecule has 3 rings (SSSR count). The molecular weight excluding hydrogens is 385 g/mol. The Bertz CT molecular complexity index is 911. The first-order valence-corrected chi connectivity index (χ1v) is 9.78. The summed E-state index contributed by atoms with van der Waals surface area (Å²) in [5.41, 5.74) is -0.914. The first-order chi connectivity index (χ1) is 12.2. The number of rotatable bonds is 5. The number of nitriles is 1. The van der Waals surface area contributed by atoms with Crippen LogP contribution in [0.15, 0.2) is 23.1 Å². The van der Waals surface area contributed by atoms with Crippen molar-refractivity contribution in [1.29, 1.82) is 5.26 Å². The van der Waals surface area contributed by atoms with Crippen LogP contribution in [0, 0.1) is 17.1 Å². The monoisotopic (exact) mass is 399 g/mol. The molecule has 0 bridgehead atoms. The van der Waals surface area contributed by atoms with E-state index in [9.17, 15) is 22.4 Å². The number of nitrogens with one attached hydrogen (secondary N) is 1. The normalized spacial score (nSPS) is 24.0. The first-order valence-electron chi connectivity index (χ1n) is 7.86. The van der Waals surface area contributed by atoms with E-state index in [-0.39, 0.29) is 22.9 Å². The molecule has 2 amide bonds. The van der Waals surface area contributed by atoms with Crippen molar-refractivity contribution in [3.63, 3.8) is 0 Å². The van der Waals surface area contributed by atoms with Crippen LogP contribution in [0.1, 0.15) is 19.3 Å². The largest absolute Gasteiger partial charge is 0.336 e. The number of likely N-dealkylation sites (tertiary alicyclic amines) is 1. The van der Waals surface area contributed by atoms with Crippen molar-refractivity contribution >= 4 is 33.8 Å². The standard InChI is InChI=1S/C16H15ClFN3O4S/c17-12-5-10(18)1-2-14(12)26(24,25)11-6-13(21(7-11)9-22)15(23)20-16(8-19)3-4-16/h1-2,5,9,11,13H,3-4,6-7H2,(H,20,23). The fourth-order valence-electron chi connectivity index (χ4n) is 3.01. The summed E-state index contributed by atoms with van der Waals surface area (Å²) in [4.78, 5) is 24.6. The molecule has 2 unspecified atom stereocenters. The highest BCUT2D eigenvalue weighted by Gasteiger charge is 2.49. The van der Waals surface area contributed by atoms with Crippen LogP contribution in [-0.2, 0) is 19.4 Å². The number of carbonyl (C=O) groups is 2. The molecule has 2 aliphatic rings. The number of benzene rings is 1. The van der Waals surface area contributed by atoms with E-state index in [1.165, 1.54) is 0 Å². The highest BCUT2D eigenvalue weighted by atomic mass is 35.5. The Morgan fingerprint density at radius 2 is 2.15 bits per heavy atom. The molecule has 1 aliphatic carbocycles. The number of amides is 2. The van der Waals surface area contributed by atoms with Crippen molar-refractivity contribution in [2.24, 2.45) is 0 Å². The molecule has 1 aliphatic heterocycles. The minimum absolute atomic E-state index is 0.123. The van der Waals surface area contributed by atoms with Crippen LogP contribution >= 0.6 is 11.6 Å². The highest BCUT2D eigenvalue weighted by molar-refractivity contribution is 7.92. The van der Waals surface area contributed by atoms with E-state index in [0.29, 0.717) is 19.3 Å². The zero-order valence-corrected chi connectivity index (χ0v) is 15.1. The van der Waals surface area contributed by atoms with Gasteiger partial charge in [-0.05, 0) is 37.5 Å². The number of sulfone groups is 1. The van der Waals surface area contributed by atoms with Crippen molar-refractivity contribution in [3.8, 4) is 6.07 Å². The van der Waals surface area contributed by atoms with Gasteiger partial charge in [0.1, 0.15) is 17.4 Å². The van der Waals surface area contributed by atoms with Crippen LogP contribution in [0.2, 0.25) is 5.02 Å². The molecule has 0 radical (unpaired) electrons. The molecule has 10 heteroatoms. The van der Waals surface area contributed by atoms with Crippen molar-refractivity contribution in [1.82, 2.24) is 10.2 Å². The van der Waals surface area contributed by atoms with Gasteiger partial charge in [0.2, 0.25) is 12.3 Å². The lowest BCUT2D eigenvalue weighted by Crippen LogP contribution is -2.47. The van der Waals surface area contributed by atoms with Gasteiger partial charge in [-0.2, -0.15) is 5.26 Å². The third-order valence-electron chi connectivity index (χ3n) is 4.70. The molecule has 2 atom stereocenters. The first kappa shape index (κ1) is 18.6. The Morgan fingerprint density at radius 3 is 2.69 bits per heavy atom. The maximum absolute atomic E-state index is 13.2. The third-order valence-corrected chi connectivity index (χ3v) is 7.32. The molecule has 1 saturated carbocycles. The van der Waals surface area contributed by atoms with Crippen molar-refractivity contribution in [2.45, 2.75) is 41.0 Å². The molecular formula is C16H15ClFN3O4S. The topological polar surface area (TPSA) is 107 Å². The molecule has 26 heavy (non-hydrogen) atoms. The molecule has 1 saturated heterocycles. The Hall–Kier alpha value is -2.18. The molecule has 138 valence electrons. The molecule has 0 spiro atoms. The highest BCUT2D eigenvalue weighted by Crippen LogP contribution is 2.36. The second-order valence-electron chi connectivity index (χ2n) is 6.48. The van der Waals surface area contributed by atoms with Crippen molar-refractivity contribution in [3.05, 3.63) is 29.0 Å². The van der Waals surface area contributed by atoms with Gasteiger partial charge in [0.15, 0.2) is 9.84 Å². The summed E-state index contributed by atoms with van der Waals surface area (Å²) in [5, 5.41) is 10.3. The van der Waals surface area contributed by atoms with Gasteiger partial charge in [-0.3, -0.25) is 9.59 Å². The Kier molecular flexibility index (Phi) is 4.67. The molecule has 1 aromatic rings. The van der Waals surface area contributed by atoms with Crippen LogP contribution in [0.25, 0.3) is 0 Å². The molecule has 1 heterocycles. The predicted octanol–water partition coefficient (Wildman–Crippen LogP) is 1.02. The number of halogens is 2. The summed E-state index contributed by atoms with van der Waals surface area (Å²) in [6, 6.07) is 3.97. The number of hydrogen-bond acceptors (Lipinski definition) is 5. The summed E-state index contributed by atoms with van der Waals surface area (Å²) in [6.45, 7) is -0.183. The summed E-state index contributed by atoms with van der Waals surface area (Å²) in [6.07, 6.45) is 1.34. The second-order valence-corrected chi connectivity index (χ2v) is 9.08. The van der Waals surface area contributed by atoms with Crippen LogP contribution < -0.4 is 5.32 Å². The fourth-order valence-corrected chi connectivity index (χ4v) is 5.26. The Balaban J connectivity index is 1.83. The molecule has 1 aromatic carbocycles. The number of hydrogen-bond donors (Lipinski definition) is 1. The average Bonchev–Trinajstić information content (AvgIpc) is 3.20. The van der Waals surface area contributed by atoms with E-state index in [4.69, 9.17) is 16.9 Å². The van der Waals surface area contributed by atoms with E-state index < -0.39 is 38.4 Å². The molecule has 2 fully saturated rings. The van der Waals surface area contributed by atoms with Crippen molar-refractivity contribution < 1.29 is 22.4 Å². The lowest BCUT2D eigenvalue weighted by molar-refractivity contribution is -0.131. The van der Waals surface area contributed by atoms with Gasteiger partial charge >= 0.3 is 0 Å². The van der Waals surface area contributed by atoms with Gasteiger partial charge in [-0.15, -0.1) is 0 Å². The maximum Gasteiger partial charge on any atom is 0.244 e. The second kappa shape index (κ2) is 6.52. The molecule has 0 aromatic heterocycles. The van der Waals surface area contributed by atoms with Gasteiger partial charge in [0.05, 0.1) is 21.2 Å². The summed E-state index contributed by atoms with van der Waals surface area (Å²) in [5.74, 6) is -1.22. The van der Waals surface area contributed by atoms with Gasteiger partial charge in [-0.25, -0.2) is 12.8 Å². The minimum atomic E-state index is -3.97. The van der Waals surface area contributed by atoms with E-state index in [1.807, 2.05) is 6.07 Å². The van der Waals surface area contributed by atoms with Gasteiger partial charge in [-0.1, -0.05) is 11.6 Å². The molecule has 7 nitrogen and oxygen atoms in total. The van der Waals surface area contributed by atoms with E-state index in [1.54, 1.807) is 0 Å². The van der Waals surface area contributed by atoms with Crippen molar-refractivity contribution in [2.75, 3.05) is 6.54 Å². The minimum Gasteiger partial charge on any atom is -0.336 e. The predicted molar refractivity (Wildman–Crippen MR) is 89.3 cm³/mol. The summed E-state index contributed by atoms with van der Waals surface area (Å²) in [7, 11) is -3.97. The van der Waals surface area contributed by atoms with E-state index >= 15 is 0 Å².